The van der Waals surface area contributed by atoms with E-state index in [2.05, 4.69) is 26.1 Å². The van der Waals surface area contributed by atoms with Crippen molar-refractivity contribution < 1.29 is 14.7 Å². The number of benzene rings is 2. The van der Waals surface area contributed by atoms with Crippen LogP contribution in [0, 0.1) is 0 Å². The molecule has 0 radical (unpaired) electrons. The summed E-state index contributed by atoms with van der Waals surface area (Å²) in [7, 11) is 0. The van der Waals surface area contributed by atoms with Crippen molar-refractivity contribution >= 4 is 11.8 Å². The molecule has 4 N–H and O–H groups in total. The van der Waals surface area contributed by atoms with Crippen LogP contribution in [-0.2, 0) is 21.4 Å². The summed E-state index contributed by atoms with van der Waals surface area (Å²) in [5.41, 5.74) is 8.00. The molecule has 0 aromatic heterocycles. The number of hydrogen-bond donors (Lipinski definition) is 3. The Morgan fingerprint density at radius 3 is 2.12 bits per heavy atom. The fourth-order valence-electron chi connectivity index (χ4n) is 2.64. The molecule has 0 aliphatic rings. The molecule has 5 heteroatoms. The lowest BCUT2D eigenvalue weighted by atomic mass is 9.86. The van der Waals surface area contributed by atoms with Gasteiger partial charge in [-0.05, 0) is 22.1 Å². The van der Waals surface area contributed by atoms with Gasteiger partial charge in [-0.1, -0.05) is 75.4 Å². The zero-order valence-corrected chi connectivity index (χ0v) is 15.4. The van der Waals surface area contributed by atoms with Gasteiger partial charge in [0.05, 0.1) is 0 Å². The van der Waals surface area contributed by atoms with Crippen LogP contribution in [0.4, 0.5) is 0 Å². The summed E-state index contributed by atoms with van der Waals surface area (Å²) in [6, 6.07) is 15.5. The van der Waals surface area contributed by atoms with Crippen LogP contribution in [0.25, 0.3) is 0 Å². The Balaban J connectivity index is 2.07. The first-order chi connectivity index (χ1) is 12.2. The molecule has 26 heavy (non-hydrogen) atoms. The van der Waals surface area contributed by atoms with Crippen molar-refractivity contribution in [3.8, 4) is 0 Å². The van der Waals surface area contributed by atoms with Gasteiger partial charge in [-0.25, -0.2) is 0 Å². The summed E-state index contributed by atoms with van der Waals surface area (Å²) in [5, 5.41) is 12.7. The lowest BCUT2D eigenvalue weighted by Crippen LogP contribution is -2.47. The van der Waals surface area contributed by atoms with Crippen molar-refractivity contribution in [3.05, 3.63) is 71.3 Å². The van der Waals surface area contributed by atoms with E-state index >= 15 is 0 Å². The molecule has 2 atom stereocenters. The molecule has 0 aliphatic carbocycles. The number of nitrogens with two attached hydrogens (primary N) is 1. The molecular weight excluding hydrogens is 328 g/mol. The number of primary amides is 1. The Morgan fingerprint density at radius 2 is 1.62 bits per heavy atom. The first kappa shape index (κ1) is 19.7. The summed E-state index contributed by atoms with van der Waals surface area (Å²) in [5.74, 6) is -1.29. The number of carbonyl (C=O) groups excluding carboxylic acids is 2. The van der Waals surface area contributed by atoms with E-state index in [0.29, 0.717) is 5.56 Å². The van der Waals surface area contributed by atoms with Crippen molar-refractivity contribution in [3.63, 3.8) is 0 Å². The molecule has 5 nitrogen and oxygen atoms in total. The van der Waals surface area contributed by atoms with Gasteiger partial charge in [0, 0.05) is 6.42 Å². The highest BCUT2D eigenvalue weighted by molar-refractivity contribution is 5.89. The molecule has 0 fully saturated rings. The van der Waals surface area contributed by atoms with E-state index in [9.17, 15) is 14.7 Å². The second-order valence-electron chi connectivity index (χ2n) is 7.43. The summed E-state index contributed by atoms with van der Waals surface area (Å²) in [4.78, 5) is 24.0. The Bertz CT molecular complexity index is 749. The van der Waals surface area contributed by atoms with Crippen LogP contribution >= 0.6 is 0 Å². The van der Waals surface area contributed by atoms with E-state index in [1.165, 1.54) is 5.56 Å². The molecule has 0 bridgehead atoms. The highest BCUT2D eigenvalue weighted by Gasteiger charge is 2.24. The van der Waals surface area contributed by atoms with Crippen LogP contribution in [0.15, 0.2) is 54.6 Å². The summed E-state index contributed by atoms with van der Waals surface area (Å²) in [6.07, 6.45) is -1.08. The number of nitrogens with one attached hydrogen (secondary N) is 1. The Kier molecular flexibility index (Phi) is 6.16. The monoisotopic (exact) mass is 354 g/mol. The van der Waals surface area contributed by atoms with Gasteiger partial charge in [0.25, 0.3) is 5.91 Å². The summed E-state index contributed by atoms with van der Waals surface area (Å²) < 4.78 is 0. The molecular formula is C21H26N2O3. The highest BCUT2D eigenvalue weighted by Crippen LogP contribution is 2.22. The largest absolute Gasteiger partial charge is 0.378 e. The lowest BCUT2D eigenvalue weighted by molar-refractivity contribution is -0.133. The van der Waals surface area contributed by atoms with Crippen LogP contribution < -0.4 is 11.1 Å². The quantitative estimate of drug-likeness (QED) is 0.743. The van der Waals surface area contributed by atoms with Gasteiger partial charge >= 0.3 is 0 Å². The van der Waals surface area contributed by atoms with Gasteiger partial charge in [-0.15, -0.1) is 0 Å². The van der Waals surface area contributed by atoms with Crippen LogP contribution in [0.3, 0.4) is 0 Å². The first-order valence-electron chi connectivity index (χ1n) is 8.60. The number of carbonyl (C=O) groups is 2. The normalized spacial score (nSPS) is 13.7. The van der Waals surface area contributed by atoms with Gasteiger partial charge in [-0.3, -0.25) is 9.59 Å². The van der Waals surface area contributed by atoms with Crippen molar-refractivity contribution in [1.29, 1.82) is 0 Å². The molecule has 0 aliphatic heterocycles. The highest BCUT2D eigenvalue weighted by atomic mass is 16.3. The minimum atomic E-state index is -1.35. The number of rotatable bonds is 6. The third-order valence-electron chi connectivity index (χ3n) is 4.28. The lowest BCUT2D eigenvalue weighted by Gasteiger charge is -2.21. The van der Waals surface area contributed by atoms with Crippen molar-refractivity contribution in [2.75, 3.05) is 0 Å². The van der Waals surface area contributed by atoms with E-state index in [1.54, 1.807) is 30.3 Å². The van der Waals surface area contributed by atoms with E-state index in [0.717, 1.165) is 5.56 Å². The number of hydrogen-bond acceptors (Lipinski definition) is 3. The molecule has 2 rings (SSSR count). The van der Waals surface area contributed by atoms with Crippen LogP contribution in [0.5, 0.6) is 0 Å². The van der Waals surface area contributed by atoms with E-state index in [-0.39, 0.29) is 11.8 Å². The van der Waals surface area contributed by atoms with Gasteiger partial charge in [-0.2, -0.15) is 0 Å². The first-order valence-corrected chi connectivity index (χ1v) is 8.60. The van der Waals surface area contributed by atoms with Gasteiger partial charge < -0.3 is 16.2 Å². The predicted molar refractivity (Wildman–Crippen MR) is 101 cm³/mol. The maximum Gasteiger partial charge on any atom is 0.254 e. The molecule has 2 amide bonds. The minimum absolute atomic E-state index is 0.0373. The molecule has 0 saturated heterocycles. The second kappa shape index (κ2) is 8.15. The smallest absolute Gasteiger partial charge is 0.254 e. The summed E-state index contributed by atoms with van der Waals surface area (Å²) >= 11 is 0. The van der Waals surface area contributed by atoms with E-state index in [4.69, 9.17) is 5.73 Å². The van der Waals surface area contributed by atoms with Crippen LogP contribution in [0.1, 0.15) is 43.6 Å². The molecule has 138 valence electrons. The van der Waals surface area contributed by atoms with Gasteiger partial charge in [0.15, 0.2) is 6.10 Å². The number of aliphatic hydroxyl groups excluding tert-OH is 1. The molecule has 2 aromatic rings. The third-order valence-corrected chi connectivity index (χ3v) is 4.28. The van der Waals surface area contributed by atoms with Gasteiger partial charge in [0.1, 0.15) is 6.04 Å². The maximum atomic E-state index is 12.3. The van der Waals surface area contributed by atoms with Gasteiger partial charge in [0.2, 0.25) is 5.91 Å². The average Bonchev–Trinajstić information content (AvgIpc) is 2.60. The SMILES string of the molecule is CC(C)(C)c1ccc(C[C@H](NC(=O)[C@@H](O)c2ccccc2)C(N)=O)cc1. The molecule has 2 aromatic carbocycles. The second-order valence-corrected chi connectivity index (χ2v) is 7.43. The Hall–Kier alpha value is -2.66. The van der Waals surface area contributed by atoms with Crippen molar-refractivity contribution in [2.45, 2.75) is 44.8 Å². The van der Waals surface area contributed by atoms with Crippen LogP contribution in [-0.4, -0.2) is 23.0 Å². The molecule has 0 saturated carbocycles. The zero-order valence-electron chi connectivity index (χ0n) is 15.4. The fraction of sp³-hybridized carbons (Fsp3) is 0.333. The molecule has 0 spiro atoms. The molecule has 0 heterocycles. The Morgan fingerprint density at radius 1 is 1.04 bits per heavy atom. The van der Waals surface area contributed by atoms with Crippen molar-refractivity contribution in [2.24, 2.45) is 5.73 Å². The van der Waals surface area contributed by atoms with E-state index < -0.39 is 24.0 Å². The fourth-order valence-corrected chi connectivity index (χ4v) is 2.64. The third kappa shape index (κ3) is 5.17. The minimum Gasteiger partial charge on any atom is -0.378 e. The average molecular weight is 354 g/mol. The van der Waals surface area contributed by atoms with Crippen molar-refractivity contribution in [1.82, 2.24) is 5.32 Å². The molecule has 0 unspecified atom stereocenters. The topological polar surface area (TPSA) is 92.4 Å². The standard InChI is InChI=1S/C21H26N2O3/c1-21(2,3)16-11-9-14(10-12-16)13-17(19(22)25)23-20(26)18(24)15-7-5-4-6-8-15/h4-12,17-18,24H,13H2,1-3H3,(H2,22,25)(H,23,26)/t17-,18-/m0/s1. The number of aliphatic hydroxyl groups is 1. The van der Waals surface area contributed by atoms with Crippen LogP contribution in [0.2, 0.25) is 0 Å². The predicted octanol–water partition coefficient (Wildman–Crippen LogP) is 2.23. The number of amides is 2. The maximum absolute atomic E-state index is 12.3. The zero-order chi connectivity index (χ0) is 19.3. The van der Waals surface area contributed by atoms with E-state index in [1.807, 2.05) is 24.3 Å². The summed E-state index contributed by atoms with van der Waals surface area (Å²) in [6.45, 7) is 6.37. The Labute approximate surface area is 154 Å².